The molecular formula is C23H35N5O4. The predicted octanol–water partition coefficient (Wildman–Crippen LogP) is 4.28. The van der Waals surface area contributed by atoms with Gasteiger partial charge in [-0.3, -0.25) is 9.48 Å². The second-order valence-corrected chi connectivity index (χ2v) is 9.87. The molecular weight excluding hydrogens is 410 g/mol. The minimum Gasteiger partial charge on any atom is -0.446 e. The van der Waals surface area contributed by atoms with E-state index in [9.17, 15) is 9.59 Å². The molecule has 0 aromatic carbocycles. The number of nitrogens with zero attached hydrogens (tertiary/aromatic N) is 3. The first-order valence-corrected chi connectivity index (χ1v) is 11.3. The number of carbonyl (C=O) groups is 2. The lowest BCUT2D eigenvalue weighted by atomic mass is 9.84. The van der Waals surface area contributed by atoms with Gasteiger partial charge in [0.2, 0.25) is 5.91 Å². The Morgan fingerprint density at radius 1 is 1.22 bits per heavy atom. The minimum atomic E-state index is -0.352. The van der Waals surface area contributed by atoms with Crippen LogP contribution in [0, 0.1) is 6.92 Å². The third-order valence-electron chi connectivity index (χ3n) is 5.42. The second-order valence-electron chi connectivity index (χ2n) is 9.87. The first-order chi connectivity index (χ1) is 15.0. The van der Waals surface area contributed by atoms with Crippen LogP contribution in [0.4, 0.5) is 10.6 Å². The zero-order valence-electron chi connectivity index (χ0n) is 19.9. The highest BCUT2D eigenvalue weighted by Crippen LogP contribution is 2.37. The quantitative estimate of drug-likeness (QED) is 0.687. The molecule has 1 saturated carbocycles. The Balaban J connectivity index is 1.65. The van der Waals surface area contributed by atoms with E-state index in [2.05, 4.69) is 41.7 Å². The summed E-state index contributed by atoms with van der Waals surface area (Å²) in [5, 5.41) is 14.2. The van der Waals surface area contributed by atoms with Crippen molar-refractivity contribution in [2.45, 2.75) is 97.2 Å². The van der Waals surface area contributed by atoms with Crippen LogP contribution in [0.15, 0.2) is 16.7 Å². The number of amides is 2. The summed E-state index contributed by atoms with van der Waals surface area (Å²) in [6, 6.07) is 3.77. The summed E-state index contributed by atoms with van der Waals surface area (Å²) in [4.78, 5) is 24.4. The molecule has 32 heavy (non-hydrogen) atoms. The summed E-state index contributed by atoms with van der Waals surface area (Å²) in [6.07, 6.45) is 3.09. The Hall–Kier alpha value is -2.84. The number of rotatable bonds is 6. The molecule has 0 spiro atoms. The standard InChI is InChI=1S/C23H35N5O4/c1-14(2)24-22(30)31-17-9-7-16(8-10-17)19-13-20(26-28(19)23(4,5)6)25-21(29)12-18-11-15(3)27-32-18/h11,13-14,16-17H,7-10,12H2,1-6H3,(H,24,30)(H,25,26,29). The van der Waals surface area contributed by atoms with Gasteiger partial charge in [0.05, 0.1) is 17.7 Å². The van der Waals surface area contributed by atoms with Gasteiger partial charge in [0.15, 0.2) is 5.82 Å². The lowest BCUT2D eigenvalue weighted by Crippen LogP contribution is -2.35. The molecule has 0 saturated heterocycles. The van der Waals surface area contributed by atoms with Crippen molar-refractivity contribution in [2.75, 3.05) is 5.32 Å². The molecule has 3 rings (SSSR count). The first kappa shape index (κ1) is 23.8. The van der Waals surface area contributed by atoms with Gasteiger partial charge in [-0.25, -0.2) is 4.79 Å². The fourth-order valence-corrected chi connectivity index (χ4v) is 4.03. The first-order valence-electron chi connectivity index (χ1n) is 11.3. The highest BCUT2D eigenvalue weighted by Gasteiger charge is 2.30. The molecule has 0 radical (unpaired) electrons. The molecule has 9 nitrogen and oxygen atoms in total. The molecule has 1 fully saturated rings. The van der Waals surface area contributed by atoms with Gasteiger partial charge >= 0.3 is 6.09 Å². The largest absolute Gasteiger partial charge is 0.446 e. The Bertz CT molecular complexity index is 933. The third kappa shape index (κ3) is 6.34. The van der Waals surface area contributed by atoms with Crippen molar-refractivity contribution in [2.24, 2.45) is 0 Å². The summed E-state index contributed by atoms with van der Waals surface area (Å²) in [6.45, 7) is 11.9. The molecule has 0 atom stereocenters. The number of ether oxygens (including phenoxy) is 1. The summed E-state index contributed by atoms with van der Waals surface area (Å²) in [5.41, 5.74) is 1.60. The van der Waals surface area contributed by atoms with E-state index >= 15 is 0 Å². The zero-order chi connectivity index (χ0) is 23.5. The molecule has 2 aromatic heterocycles. The number of hydrogen-bond donors (Lipinski definition) is 2. The molecule has 0 bridgehead atoms. The van der Waals surface area contributed by atoms with Gasteiger partial charge in [-0.1, -0.05) is 5.16 Å². The van der Waals surface area contributed by atoms with Crippen LogP contribution in [0.25, 0.3) is 0 Å². The van der Waals surface area contributed by atoms with E-state index in [4.69, 9.17) is 9.26 Å². The zero-order valence-corrected chi connectivity index (χ0v) is 19.9. The maximum absolute atomic E-state index is 12.5. The average Bonchev–Trinajstić information content (AvgIpc) is 3.27. The van der Waals surface area contributed by atoms with Crippen molar-refractivity contribution in [3.05, 3.63) is 29.3 Å². The number of hydrogen-bond acceptors (Lipinski definition) is 6. The Kier molecular flexibility index (Phi) is 7.26. The summed E-state index contributed by atoms with van der Waals surface area (Å²) >= 11 is 0. The number of aryl methyl sites for hydroxylation is 1. The van der Waals surface area contributed by atoms with E-state index in [-0.39, 0.29) is 42.0 Å². The molecule has 176 valence electrons. The van der Waals surface area contributed by atoms with Crippen molar-refractivity contribution in [1.82, 2.24) is 20.3 Å². The van der Waals surface area contributed by atoms with Crippen molar-refractivity contribution in [1.29, 1.82) is 0 Å². The smallest absolute Gasteiger partial charge is 0.407 e. The topological polar surface area (TPSA) is 111 Å². The van der Waals surface area contributed by atoms with Gasteiger partial charge in [-0.2, -0.15) is 5.10 Å². The Morgan fingerprint density at radius 3 is 2.47 bits per heavy atom. The van der Waals surface area contributed by atoms with Gasteiger partial charge < -0.3 is 19.9 Å². The predicted molar refractivity (Wildman–Crippen MR) is 121 cm³/mol. The van der Waals surface area contributed by atoms with E-state index in [0.29, 0.717) is 11.6 Å². The fourth-order valence-electron chi connectivity index (χ4n) is 4.03. The molecule has 9 heteroatoms. The van der Waals surface area contributed by atoms with E-state index < -0.39 is 0 Å². The molecule has 0 unspecified atom stereocenters. The molecule has 1 aliphatic rings. The number of alkyl carbamates (subject to hydrolysis) is 1. The average molecular weight is 446 g/mol. The molecule has 2 N–H and O–H groups in total. The number of aromatic nitrogens is 3. The molecule has 2 aromatic rings. The van der Waals surface area contributed by atoms with E-state index in [1.807, 2.05) is 31.5 Å². The SMILES string of the molecule is Cc1cc(CC(=O)Nc2cc(C3CCC(OC(=O)NC(C)C)CC3)n(C(C)(C)C)n2)on1. The van der Waals surface area contributed by atoms with Crippen LogP contribution in [0.1, 0.15) is 83.4 Å². The van der Waals surface area contributed by atoms with Crippen LogP contribution in [-0.2, 0) is 21.5 Å². The minimum absolute atomic E-state index is 0.0571. The van der Waals surface area contributed by atoms with Crippen LogP contribution in [-0.4, -0.2) is 39.1 Å². The number of nitrogens with one attached hydrogen (secondary N) is 2. The van der Waals surface area contributed by atoms with Crippen LogP contribution < -0.4 is 10.6 Å². The van der Waals surface area contributed by atoms with Gasteiger partial charge in [0, 0.05) is 29.8 Å². The normalized spacial score (nSPS) is 19.1. The summed E-state index contributed by atoms with van der Waals surface area (Å²) in [5.74, 6) is 1.15. The van der Waals surface area contributed by atoms with Crippen LogP contribution >= 0.6 is 0 Å². The monoisotopic (exact) mass is 445 g/mol. The molecule has 1 aliphatic carbocycles. The highest BCUT2D eigenvalue weighted by atomic mass is 16.6. The fraction of sp³-hybridized carbons (Fsp3) is 0.652. The molecule has 2 heterocycles. The van der Waals surface area contributed by atoms with Gasteiger partial charge in [0.25, 0.3) is 0 Å². The maximum atomic E-state index is 12.5. The lowest BCUT2D eigenvalue weighted by Gasteiger charge is -2.31. The van der Waals surface area contributed by atoms with Crippen LogP contribution in [0.3, 0.4) is 0 Å². The number of anilines is 1. The van der Waals surface area contributed by atoms with E-state index in [1.54, 1.807) is 6.07 Å². The van der Waals surface area contributed by atoms with Crippen molar-refractivity contribution in [3.8, 4) is 0 Å². The van der Waals surface area contributed by atoms with Gasteiger partial charge in [-0.05, 0) is 67.2 Å². The van der Waals surface area contributed by atoms with E-state index in [0.717, 1.165) is 37.1 Å². The second kappa shape index (κ2) is 9.75. The van der Waals surface area contributed by atoms with Gasteiger partial charge in [0.1, 0.15) is 11.9 Å². The van der Waals surface area contributed by atoms with E-state index in [1.165, 1.54) is 0 Å². The summed E-state index contributed by atoms with van der Waals surface area (Å²) < 4.78 is 12.7. The van der Waals surface area contributed by atoms with Crippen molar-refractivity contribution in [3.63, 3.8) is 0 Å². The van der Waals surface area contributed by atoms with Crippen LogP contribution in [0.5, 0.6) is 0 Å². The third-order valence-corrected chi connectivity index (χ3v) is 5.42. The Labute approximate surface area is 189 Å². The molecule has 0 aliphatic heterocycles. The summed E-state index contributed by atoms with van der Waals surface area (Å²) in [7, 11) is 0. The lowest BCUT2D eigenvalue weighted by molar-refractivity contribution is -0.115. The van der Waals surface area contributed by atoms with Crippen molar-refractivity contribution < 1.29 is 18.8 Å². The Morgan fingerprint density at radius 2 is 1.91 bits per heavy atom. The highest BCUT2D eigenvalue weighted by molar-refractivity contribution is 5.91. The van der Waals surface area contributed by atoms with Gasteiger partial charge in [-0.15, -0.1) is 0 Å². The number of carbonyl (C=O) groups excluding carboxylic acids is 2. The van der Waals surface area contributed by atoms with Crippen molar-refractivity contribution >= 4 is 17.8 Å². The molecule has 2 amide bonds. The van der Waals surface area contributed by atoms with Crippen LogP contribution in [0.2, 0.25) is 0 Å². The maximum Gasteiger partial charge on any atom is 0.407 e.